The summed E-state index contributed by atoms with van der Waals surface area (Å²) in [5, 5.41) is 12.0. The molecule has 0 bridgehead atoms. The maximum atomic E-state index is 13.2. The van der Waals surface area contributed by atoms with Crippen molar-refractivity contribution < 1.29 is 48.2 Å². The van der Waals surface area contributed by atoms with Crippen LogP contribution in [0.4, 0.5) is 22.7 Å². The van der Waals surface area contributed by atoms with E-state index in [9.17, 15) is 43.5 Å². The molecular formula is C49H70N6O10. The molecule has 0 aromatic heterocycles. The fraction of sp³-hybridized carbons (Fsp3) is 0.510. The number of nitrogens with zero attached hydrogens (tertiary/aromatic N) is 4. The van der Waals surface area contributed by atoms with Gasteiger partial charge in [0.15, 0.2) is 12.1 Å². The van der Waals surface area contributed by atoms with Gasteiger partial charge in [0, 0.05) is 40.0 Å². The van der Waals surface area contributed by atoms with Crippen LogP contribution in [0.2, 0.25) is 0 Å². The smallest absolute Gasteiger partial charge is 0.310 e. The van der Waals surface area contributed by atoms with Crippen molar-refractivity contribution in [1.82, 2.24) is 5.32 Å². The molecular weight excluding hydrogens is 833 g/mol. The SMILES string of the molecule is C=CC[C@H](C(=O)OC(C)(C)C)[C@@H](CC(C)C)C(=O)O.C=CC[C@H](C(C)=O)[C@@H](CC(C)C)C(=O)NC1C(=O)N(C)c2ccccc2N(C)C1=O.CN1C(=O)C(N)C(=O)N(C)c2ccccc21. The number of likely N-dealkylation sites (N-methyl/N-ethyl adjacent to an activating group) is 4. The number of allylic oxidation sites excluding steroid dienone is 2. The Morgan fingerprint density at radius 3 is 1.35 bits per heavy atom. The van der Waals surface area contributed by atoms with Gasteiger partial charge in [-0.15, -0.1) is 13.2 Å². The van der Waals surface area contributed by atoms with E-state index in [0.29, 0.717) is 48.4 Å². The number of carboxylic acids is 1. The van der Waals surface area contributed by atoms with E-state index in [2.05, 4.69) is 18.5 Å². The van der Waals surface area contributed by atoms with E-state index in [4.69, 9.17) is 10.5 Å². The molecule has 2 aromatic rings. The van der Waals surface area contributed by atoms with Gasteiger partial charge in [-0.1, -0.05) is 64.1 Å². The maximum absolute atomic E-state index is 13.2. The number of para-hydroxylation sites is 4. The third kappa shape index (κ3) is 14.7. The predicted molar refractivity (Wildman–Crippen MR) is 253 cm³/mol. The number of ketones is 1. The first kappa shape index (κ1) is 55.0. The molecule has 2 aliphatic heterocycles. The number of carbonyl (C=O) groups is 8. The molecule has 5 amide bonds. The van der Waals surface area contributed by atoms with Crippen molar-refractivity contribution in [3.05, 3.63) is 73.8 Å². The van der Waals surface area contributed by atoms with Gasteiger partial charge in [0.2, 0.25) is 5.91 Å². The largest absolute Gasteiger partial charge is 0.481 e. The van der Waals surface area contributed by atoms with E-state index in [-0.39, 0.29) is 29.4 Å². The van der Waals surface area contributed by atoms with E-state index < -0.39 is 71.0 Å². The zero-order valence-corrected chi connectivity index (χ0v) is 40.1. The Morgan fingerprint density at radius 2 is 1.03 bits per heavy atom. The molecule has 0 saturated carbocycles. The maximum Gasteiger partial charge on any atom is 0.310 e. The Morgan fingerprint density at radius 1 is 0.677 bits per heavy atom. The molecule has 356 valence electrons. The number of aliphatic carboxylic acids is 1. The van der Waals surface area contributed by atoms with Crippen LogP contribution >= 0.6 is 0 Å². The highest BCUT2D eigenvalue weighted by Gasteiger charge is 2.42. The second-order valence-corrected chi connectivity index (χ2v) is 18.2. The molecule has 4 rings (SSSR count). The van der Waals surface area contributed by atoms with Gasteiger partial charge < -0.3 is 40.5 Å². The number of Topliss-reactive ketones (excluding diaryl/α,β-unsaturated/α-hetero) is 1. The van der Waals surface area contributed by atoms with Crippen LogP contribution in [0.3, 0.4) is 0 Å². The second-order valence-electron chi connectivity index (χ2n) is 18.2. The lowest BCUT2D eigenvalue weighted by molar-refractivity contribution is -0.167. The second kappa shape index (κ2) is 24.2. The summed E-state index contributed by atoms with van der Waals surface area (Å²) < 4.78 is 5.32. The number of carbonyl (C=O) groups excluding carboxylic acids is 7. The first-order chi connectivity index (χ1) is 30.2. The van der Waals surface area contributed by atoms with Gasteiger partial charge in [-0.2, -0.15) is 0 Å². The third-order valence-corrected chi connectivity index (χ3v) is 11.0. The third-order valence-electron chi connectivity index (χ3n) is 11.0. The zero-order chi connectivity index (χ0) is 49.7. The molecule has 16 nitrogen and oxygen atoms in total. The average molecular weight is 903 g/mol. The predicted octanol–water partition coefficient (Wildman–Crippen LogP) is 5.77. The van der Waals surface area contributed by atoms with Crippen LogP contribution in [-0.4, -0.2) is 98.2 Å². The van der Waals surface area contributed by atoms with Crippen molar-refractivity contribution in [2.45, 2.75) is 98.8 Å². The van der Waals surface area contributed by atoms with Gasteiger partial charge >= 0.3 is 11.9 Å². The number of anilines is 4. The fourth-order valence-corrected chi connectivity index (χ4v) is 7.61. The molecule has 2 aliphatic rings. The molecule has 4 atom stereocenters. The standard InChI is InChI=1S/C23H31N3O4.C15H26O4.C11H13N3O2/c1-7-10-16(15(4)27)17(13-14(2)3)21(28)24-20-22(29)25(5)18-11-8-9-12-19(18)26(6)23(20)30;1-7-8-11(14(18)19-15(4,5)6)12(13(16)17)9-10(2)3;1-13-7-5-3-4-6-8(7)14(2)11(16)9(12)10(13)15/h7-9,11-12,14,16-17,20H,1,10,13H2,2-6H3,(H,24,28);7,10-12H,1,8-9H2,2-6H3,(H,16,17);3-6,9H,12H2,1-2H3/t16-,17-;11-,12+;/m10./s1. The van der Waals surface area contributed by atoms with Crippen LogP contribution in [0.1, 0.15) is 81.1 Å². The summed E-state index contributed by atoms with van der Waals surface area (Å²) in [6, 6.07) is 11.8. The highest BCUT2D eigenvalue weighted by atomic mass is 16.6. The number of rotatable bonds is 15. The van der Waals surface area contributed by atoms with Crippen molar-refractivity contribution in [2.75, 3.05) is 47.8 Å². The molecule has 4 N–H and O–H groups in total. The minimum absolute atomic E-state index is 0.115. The fourth-order valence-electron chi connectivity index (χ4n) is 7.61. The number of hydrogen-bond donors (Lipinski definition) is 3. The number of hydrogen-bond acceptors (Lipinski definition) is 10. The Hall–Kier alpha value is -6.16. The van der Waals surface area contributed by atoms with Crippen molar-refractivity contribution in [3.8, 4) is 0 Å². The zero-order valence-electron chi connectivity index (χ0n) is 40.1. The van der Waals surface area contributed by atoms with E-state index >= 15 is 0 Å². The van der Waals surface area contributed by atoms with Crippen LogP contribution in [-0.2, 0) is 43.1 Å². The summed E-state index contributed by atoms with van der Waals surface area (Å²) in [6.45, 7) is 21.9. The first-order valence-electron chi connectivity index (χ1n) is 21.7. The normalized spacial score (nSPS) is 16.4. The monoisotopic (exact) mass is 903 g/mol. The van der Waals surface area contributed by atoms with Crippen LogP contribution in [0.15, 0.2) is 73.8 Å². The minimum atomic E-state index is -1.36. The molecule has 0 unspecified atom stereocenters. The van der Waals surface area contributed by atoms with Gasteiger partial charge in [0.1, 0.15) is 11.4 Å². The van der Waals surface area contributed by atoms with E-state index in [0.717, 1.165) is 0 Å². The number of nitrogens with one attached hydrogen (secondary N) is 1. The number of fused-ring (bicyclic) bond motifs is 2. The Balaban J connectivity index is 0.000000357. The van der Waals surface area contributed by atoms with E-state index in [1.807, 2.05) is 39.8 Å². The Bertz CT molecular complexity index is 1990. The summed E-state index contributed by atoms with van der Waals surface area (Å²) in [7, 11) is 6.39. The topological polar surface area (TPSA) is 217 Å². The molecule has 0 radical (unpaired) electrons. The molecule has 0 saturated heterocycles. The molecule has 0 fully saturated rings. The summed E-state index contributed by atoms with van der Waals surface area (Å²) in [6.07, 6.45) is 4.78. The molecule has 16 heteroatoms. The van der Waals surface area contributed by atoms with Crippen molar-refractivity contribution in [3.63, 3.8) is 0 Å². The van der Waals surface area contributed by atoms with Crippen LogP contribution < -0.4 is 30.7 Å². The van der Waals surface area contributed by atoms with Crippen molar-refractivity contribution in [2.24, 2.45) is 41.2 Å². The number of ether oxygens (including phenoxy) is 1. The van der Waals surface area contributed by atoms with E-state index in [1.165, 1.54) is 26.5 Å². The highest BCUT2D eigenvalue weighted by molar-refractivity contribution is 6.21. The number of benzene rings is 2. The number of amides is 5. The van der Waals surface area contributed by atoms with Crippen LogP contribution in [0.25, 0.3) is 0 Å². The minimum Gasteiger partial charge on any atom is -0.481 e. The van der Waals surface area contributed by atoms with Crippen LogP contribution in [0.5, 0.6) is 0 Å². The molecule has 65 heavy (non-hydrogen) atoms. The van der Waals surface area contributed by atoms with Crippen molar-refractivity contribution >= 4 is 70.0 Å². The molecule has 2 aromatic carbocycles. The Kier molecular flexibility index (Phi) is 20.5. The highest BCUT2D eigenvalue weighted by Crippen LogP contribution is 2.33. The lowest BCUT2D eigenvalue weighted by atomic mass is 9.80. The van der Waals surface area contributed by atoms with Gasteiger partial charge in [-0.05, 0) is 89.5 Å². The number of nitrogens with two attached hydrogens (primary N) is 1. The summed E-state index contributed by atoms with van der Waals surface area (Å²) in [5.74, 6) is -6.04. The van der Waals surface area contributed by atoms with Gasteiger partial charge in [-0.3, -0.25) is 38.4 Å². The average Bonchev–Trinajstić information content (AvgIpc) is 3.34. The lowest BCUT2D eigenvalue weighted by Gasteiger charge is -2.28. The van der Waals surface area contributed by atoms with E-state index in [1.54, 1.807) is 97.5 Å². The number of esters is 1. The number of carboxylic acid groups (broad SMARTS) is 1. The quantitative estimate of drug-likeness (QED) is 0.111. The summed E-state index contributed by atoms with van der Waals surface area (Å²) >= 11 is 0. The molecule has 2 heterocycles. The first-order valence-corrected chi connectivity index (χ1v) is 21.7. The van der Waals surface area contributed by atoms with Gasteiger partial charge in [0.05, 0.1) is 34.6 Å². The Labute approximate surface area is 384 Å². The van der Waals surface area contributed by atoms with Gasteiger partial charge in [-0.25, -0.2) is 0 Å². The summed E-state index contributed by atoms with van der Waals surface area (Å²) in [4.78, 5) is 104. The van der Waals surface area contributed by atoms with Gasteiger partial charge in [0.25, 0.3) is 23.6 Å². The van der Waals surface area contributed by atoms with Crippen molar-refractivity contribution in [1.29, 1.82) is 0 Å². The summed E-state index contributed by atoms with van der Waals surface area (Å²) in [5.41, 5.74) is 7.54. The van der Waals surface area contributed by atoms with Crippen LogP contribution in [0, 0.1) is 35.5 Å². The lowest BCUT2D eigenvalue weighted by Crippen LogP contribution is -2.56. The molecule has 0 spiro atoms. The molecule has 0 aliphatic carbocycles.